The summed E-state index contributed by atoms with van der Waals surface area (Å²) in [6, 6.07) is 12.8. The molecule has 5 nitrogen and oxygen atoms in total. The van der Waals surface area contributed by atoms with E-state index < -0.39 is 0 Å². The molecule has 26 heavy (non-hydrogen) atoms. The van der Waals surface area contributed by atoms with Crippen LogP contribution in [0.15, 0.2) is 47.6 Å². The van der Waals surface area contributed by atoms with E-state index in [0.717, 1.165) is 16.8 Å². The number of benzene rings is 2. The van der Waals surface area contributed by atoms with Crippen LogP contribution in [0.1, 0.15) is 30.0 Å². The highest BCUT2D eigenvalue weighted by atomic mass is 35.5. The third kappa shape index (κ3) is 6.33. The molecule has 0 aromatic heterocycles. The number of halogens is 1. The fraction of sp³-hybridized carbons (Fsp3) is 0.250. The van der Waals surface area contributed by atoms with Gasteiger partial charge in [0.05, 0.1) is 12.8 Å². The van der Waals surface area contributed by atoms with Crippen LogP contribution >= 0.6 is 11.6 Å². The second kappa shape index (κ2) is 9.15. The summed E-state index contributed by atoms with van der Waals surface area (Å²) >= 11 is 5.81. The first-order valence-electron chi connectivity index (χ1n) is 8.27. The third-order valence-corrected chi connectivity index (χ3v) is 4.11. The highest BCUT2D eigenvalue weighted by Gasteiger charge is 2.07. The molecule has 0 aliphatic heterocycles. The van der Waals surface area contributed by atoms with E-state index in [-0.39, 0.29) is 24.7 Å². The summed E-state index contributed by atoms with van der Waals surface area (Å²) in [5, 5.41) is 7.43. The molecule has 0 heterocycles. The van der Waals surface area contributed by atoms with Crippen LogP contribution < -0.4 is 10.7 Å². The van der Waals surface area contributed by atoms with Crippen LogP contribution in [0, 0.1) is 13.8 Å². The van der Waals surface area contributed by atoms with Crippen molar-refractivity contribution < 1.29 is 9.59 Å². The van der Waals surface area contributed by atoms with Gasteiger partial charge < -0.3 is 5.32 Å². The molecule has 136 valence electrons. The zero-order valence-electron chi connectivity index (χ0n) is 15.1. The molecule has 2 rings (SSSR count). The summed E-state index contributed by atoms with van der Waals surface area (Å²) in [5.74, 6) is -0.428. The van der Waals surface area contributed by atoms with Crippen molar-refractivity contribution in [1.29, 1.82) is 0 Å². The Morgan fingerprint density at radius 1 is 1.00 bits per heavy atom. The summed E-state index contributed by atoms with van der Waals surface area (Å²) in [6.45, 7) is 5.71. The van der Waals surface area contributed by atoms with Gasteiger partial charge in [0.2, 0.25) is 11.8 Å². The minimum absolute atomic E-state index is 0.105. The number of hydrogen-bond donors (Lipinski definition) is 2. The number of nitrogens with one attached hydrogen (secondary N) is 2. The maximum Gasteiger partial charge on any atom is 0.244 e. The molecule has 0 unspecified atom stereocenters. The van der Waals surface area contributed by atoms with Gasteiger partial charge in [-0.05, 0) is 61.7 Å². The molecule has 0 atom stereocenters. The molecule has 2 amide bonds. The van der Waals surface area contributed by atoms with E-state index in [4.69, 9.17) is 11.6 Å². The minimum atomic E-state index is -0.249. The molecule has 6 heteroatoms. The number of rotatable bonds is 6. The smallest absolute Gasteiger partial charge is 0.244 e. The van der Waals surface area contributed by atoms with Gasteiger partial charge in [0.25, 0.3) is 0 Å². The summed E-state index contributed by atoms with van der Waals surface area (Å²) in [7, 11) is 0. The lowest BCUT2D eigenvalue weighted by molar-refractivity contribution is -0.120. The predicted molar refractivity (Wildman–Crippen MR) is 106 cm³/mol. The Morgan fingerprint density at radius 2 is 1.69 bits per heavy atom. The van der Waals surface area contributed by atoms with Gasteiger partial charge in [-0.15, -0.1) is 0 Å². The van der Waals surface area contributed by atoms with Crippen LogP contribution in [-0.4, -0.2) is 17.5 Å². The SMILES string of the molecule is C/C(CC(=O)Nc1ccc(C)c(C)c1)=N/NC(=O)Cc1ccc(Cl)cc1. The minimum Gasteiger partial charge on any atom is -0.326 e. The Bertz CT molecular complexity index is 829. The number of hydrogen-bond acceptors (Lipinski definition) is 3. The number of carbonyl (C=O) groups excluding carboxylic acids is 2. The monoisotopic (exact) mass is 371 g/mol. The van der Waals surface area contributed by atoms with Crippen molar-refractivity contribution in [3.63, 3.8) is 0 Å². The van der Waals surface area contributed by atoms with Crippen molar-refractivity contribution in [2.45, 2.75) is 33.6 Å². The highest BCUT2D eigenvalue weighted by molar-refractivity contribution is 6.30. The molecule has 0 aliphatic rings. The molecule has 0 aliphatic carbocycles. The Labute approximate surface area is 158 Å². The van der Waals surface area contributed by atoms with E-state index in [1.165, 1.54) is 5.56 Å². The third-order valence-electron chi connectivity index (χ3n) is 3.86. The number of carbonyl (C=O) groups is 2. The molecule has 2 aromatic rings. The quantitative estimate of drug-likeness (QED) is 0.594. The van der Waals surface area contributed by atoms with E-state index >= 15 is 0 Å². The lowest BCUT2D eigenvalue weighted by Gasteiger charge is -2.08. The molecule has 2 aromatic carbocycles. The van der Waals surface area contributed by atoms with Crippen LogP contribution in [0.4, 0.5) is 5.69 Å². The predicted octanol–water partition coefficient (Wildman–Crippen LogP) is 4.02. The van der Waals surface area contributed by atoms with Crippen molar-refractivity contribution in [3.05, 3.63) is 64.2 Å². The molecule has 0 radical (unpaired) electrons. The zero-order valence-corrected chi connectivity index (χ0v) is 15.9. The molecular formula is C20H22ClN3O2. The van der Waals surface area contributed by atoms with Gasteiger partial charge >= 0.3 is 0 Å². The summed E-state index contributed by atoms with van der Waals surface area (Å²) in [6.07, 6.45) is 0.303. The lowest BCUT2D eigenvalue weighted by Crippen LogP contribution is -2.22. The van der Waals surface area contributed by atoms with Crippen molar-refractivity contribution in [2.24, 2.45) is 5.10 Å². The molecule has 0 spiro atoms. The fourth-order valence-corrected chi connectivity index (χ4v) is 2.41. The highest BCUT2D eigenvalue weighted by Crippen LogP contribution is 2.14. The summed E-state index contributed by atoms with van der Waals surface area (Å²) in [5.41, 5.74) is 6.86. The number of amides is 2. The van der Waals surface area contributed by atoms with E-state index in [2.05, 4.69) is 15.8 Å². The van der Waals surface area contributed by atoms with Crippen LogP contribution in [0.3, 0.4) is 0 Å². The second-order valence-electron chi connectivity index (χ2n) is 6.21. The largest absolute Gasteiger partial charge is 0.326 e. The Hall–Kier alpha value is -2.66. The van der Waals surface area contributed by atoms with Gasteiger partial charge in [0.1, 0.15) is 0 Å². The van der Waals surface area contributed by atoms with Gasteiger partial charge in [0.15, 0.2) is 0 Å². The van der Waals surface area contributed by atoms with Crippen molar-refractivity contribution in [2.75, 3.05) is 5.32 Å². The van der Waals surface area contributed by atoms with Gasteiger partial charge in [0, 0.05) is 16.4 Å². The molecular weight excluding hydrogens is 350 g/mol. The molecule has 0 fully saturated rings. The van der Waals surface area contributed by atoms with Crippen molar-refractivity contribution >= 4 is 34.8 Å². The van der Waals surface area contributed by atoms with Crippen LogP contribution in [0.2, 0.25) is 5.02 Å². The fourth-order valence-electron chi connectivity index (χ4n) is 2.28. The van der Waals surface area contributed by atoms with Gasteiger partial charge in [-0.3, -0.25) is 9.59 Å². The maximum absolute atomic E-state index is 12.1. The molecule has 2 N–H and O–H groups in total. The normalized spacial score (nSPS) is 11.2. The first-order chi connectivity index (χ1) is 12.3. The van der Waals surface area contributed by atoms with E-state index in [1.54, 1.807) is 31.2 Å². The van der Waals surface area contributed by atoms with Crippen molar-refractivity contribution in [1.82, 2.24) is 5.43 Å². The number of anilines is 1. The number of hydrazone groups is 1. The van der Waals surface area contributed by atoms with Crippen molar-refractivity contribution in [3.8, 4) is 0 Å². The Morgan fingerprint density at radius 3 is 2.35 bits per heavy atom. The average Bonchev–Trinajstić information content (AvgIpc) is 2.58. The Balaban J connectivity index is 1.82. The standard InChI is InChI=1S/C20H22ClN3O2/c1-13-4-9-18(10-14(13)2)22-19(25)11-15(3)23-24-20(26)12-16-5-7-17(21)8-6-16/h4-10H,11-12H2,1-3H3,(H,22,25)(H,24,26)/b23-15-. The zero-order chi connectivity index (χ0) is 19.1. The van der Waals surface area contributed by atoms with E-state index in [9.17, 15) is 9.59 Å². The maximum atomic E-state index is 12.1. The van der Waals surface area contributed by atoms with E-state index in [1.807, 2.05) is 32.0 Å². The van der Waals surface area contributed by atoms with Gasteiger partial charge in [-0.2, -0.15) is 5.10 Å². The number of nitrogens with zero attached hydrogens (tertiary/aromatic N) is 1. The molecule has 0 bridgehead atoms. The van der Waals surface area contributed by atoms with Crippen LogP contribution in [0.5, 0.6) is 0 Å². The lowest BCUT2D eigenvalue weighted by atomic mass is 10.1. The molecule has 0 saturated carbocycles. The average molecular weight is 372 g/mol. The molecule has 0 saturated heterocycles. The summed E-state index contributed by atoms with van der Waals surface area (Å²) < 4.78 is 0. The van der Waals surface area contributed by atoms with Crippen LogP contribution in [0.25, 0.3) is 0 Å². The number of aryl methyl sites for hydroxylation is 2. The van der Waals surface area contributed by atoms with Gasteiger partial charge in [-0.1, -0.05) is 29.8 Å². The Kier molecular flexibility index (Phi) is 6.92. The van der Waals surface area contributed by atoms with Crippen LogP contribution in [-0.2, 0) is 16.0 Å². The second-order valence-corrected chi connectivity index (χ2v) is 6.65. The summed E-state index contributed by atoms with van der Waals surface area (Å²) in [4.78, 5) is 24.0. The first-order valence-corrected chi connectivity index (χ1v) is 8.65. The first kappa shape index (κ1) is 19.7. The van der Waals surface area contributed by atoms with Gasteiger partial charge in [-0.25, -0.2) is 5.43 Å². The topological polar surface area (TPSA) is 70.6 Å². The van der Waals surface area contributed by atoms with E-state index in [0.29, 0.717) is 10.7 Å².